The second-order valence-electron chi connectivity index (χ2n) is 6.37. The van der Waals surface area contributed by atoms with Gasteiger partial charge in [0, 0.05) is 10.8 Å². The lowest BCUT2D eigenvalue weighted by atomic mass is 9.97. The maximum atomic E-state index is 5.27. The number of nitrogens with zero attached hydrogens (tertiary/aromatic N) is 2. The molecule has 0 amide bonds. The summed E-state index contributed by atoms with van der Waals surface area (Å²) in [4.78, 5) is 8.22. The van der Waals surface area contributed by atoms with Gasteiger partial charge in [0.25, 0.3) is 0 Å². The Morgan fingerprint density at radius 2 is 1.72 bits per heavy atom. The van der Waals surface area contributed by atoms with Crippen LogP contribution in [0.4, 0.5) is 0 Å². The van der Waals surface area contributed by atoms with Crippen LogP contribution in [0.2, 0.25) is 0 Å². The first-order chi connectivity index (χ1) is 8.21. The maximum Gasteiger partial charge on any atom is 0.199 e. The second-order valence-corrected chi connectivity index (χ2v) is 6.37. The molecule has 1 aromatic rings. The van der Waals surface area contributed by atoms with Crippen LogP contribution >= 0.6 is 0 Å². The third-order valence-corrected chi connectivity index (χ3v) is 2.30. The van der Waals surface area contributed by atoms with Gasteiger partial charge in [-0.2, -0.15) is 0 Å². The third-order valence-electron chi connectivity index (χ3n) is 2.30. The minimum absolute atomic E-state index is 0.0451. The zero-order valence-corrected chi connectivity index (χ0v) is 12.3. The number of hydrogen-bond donors (Lipinski definition) is 0. The number of ether oxygens (including phenoxy) is 1. The lowest BCUT2D eigenvalue weighted by Gasteiger charge is -2.16. The number of aromatic nitrogens is 1. The molecular formula is C14H24N2O2. The molecule has 1 aromatic heterocycles. The van der Waals surface area contributed by atoms with Gasteiger partial charge in [0.2, 0.25) is 0 Å². The van der Waals surface area contributed by atoms with E-state index in [1.165, 1.54) is 0 Å². The topological polar surface area (TPSA) is 47.6 Å². The van der Waals surface area contributed by atoms with Crippen molar-refractivity contribution in [1.82, 2.24) is 4.98 Å². The van der Waals surface area contributed by atoms with Gasteiger partial charge in [-0.25, -0.2) is 4.98 Å². The van der Waals surface area contributed by atoms with Crippen molar-refractivity contribution in [2.45, 2.75) is 47.0 Å². The first-order valence-corrected chi connectivity index (χ1v) is 6.29. The predicted octanol–water partition coefficient (Wildman–Crippen LogP) is 3.43. The monoisotopic (exact) mass is 252 g/mol. The molecule has 1 aliphatic heterocycles. The summed E-state index contributed by atoms with van der Waals surface area (Å²) in [6.07, 6.45) is 3.27. The highest BCUT2D eigenvalue weighted by Gasteiger charge is 2.22. The van der Waals surface area contributed by atoms with Crippen molar-refractivity contribution < 1.29 is 9.15 Å². The van der Waals surface area contributed by atoms with Crippen LogP contribution in [0, 0.1) is 5.41 Å². The standard InChI is InChI=1S/C7H13NO.C7H11NO/c2*1-7(2,3)6-8-4-5-9-6/h4-5H2,1-3H3;4-5H,1-3H3. The Bertz CT molecular complexity index is 381. The van der Waals surface area contributed by atoms with E-state index in [1.54, 1.807) is 12.5 Å². The molecule has 102 valence electrons. The van der Waals surface area contributed by atoms with E-state index in [0.717, 1.165) is 24.9 Å². The number of rotatable bonds is 0. The Balaban J connectivity index is 0.000000180. The minimum atomic E-state index is 0.0451. The van der Waals surface area contributed by atoms with Gasteiger partial charge in [-0.05, 0) is 0 Å². The SMILES string of the molecule is CC(C)(C)C1=NCCO1.CC(C)(C)c1ncco1. The molecule has 2 rings (SSSR count). The molecular weight excluding hydrogens is 228 g/mol. The predicted molar refractivity (Wildman–Crippen MR) is 72.9 cm³/mol. The summed E-state index contributed by atoms with van der Waals surface area (Å²) in [6, 6.07) is 0. The number of oxazole rings is 1. The Morgan fingerprint density at radius 3 is 1.94 bits per heavy atom. The minimum Gasteiger partial charge on any atom is -0.479 e. The lowest BCUT2D eigenvalue weighted by molar-refractivity contribution is 0.302. The summed E-state index contributed by atoms with van der Waals surface area (Å²) in [5, 5.41) is 0. The average molecular weight is 252 g/mol. The van der Waals surface area contributed by atoms with Crippen molar-refractivity contribution in [2.75, 3.05) is 13.2 Å². The van der Waals surface area contributed by atoms with Gasteiger partial charge in [-0.15, -0.1) is 0 Å². The van der Waals surface area contributed by atoms with E-state index in [9.17, 15) is 0 Å². The van der Waals surface area contributed by atoms with Gasteiger partial charge in [0.05, 0.1) is 12.7 Å². The summed E-state index contributed by atoms with van der Waals surface area (Å²) in [5.74, 6) is 1.70. The Hall–Kier alpha value is -1.32. The number of aliphatic imine (C=N–C) groups is 1. The average Bonchev–Trinajstić information content (AvgIpc) is 2.91. The quantitative estimate of drug-likeness (QED) is 0.710. The highest BCUT2D eigenvalue weighted by Crippen LogP contribution is 2.19. The molecule has 1 aliphatic rings. The zero-order valence-electron chi connectivity index (χ0n) is 12.3. The molecule has 0 saturated carbocycles. The molecule has 0 fully saturated rings. The van der Waals surface area contributed by atoms with Crippen LogP contribution in [0.15, 0.2) is 21.9 Å². The zero-order chi connectivity index (χ0) is 13.8. The fourth-order valence-electron chi connectivity index (χ4n) is 1.38. The Labute approximate surface area is 109 Å². The summed E-state index contributed by atoms with van der Waals surface area (Å²) in [5.41, 5.74) is 0.153. The highest BCUT2D eigenvalue weighted by atomic mass is 16.5. The van der Waals surface area contributed by atoms with Gasteiger partial charge in [-0.1, -0.05) is 41.5 Å². The largest absolute Gasteiger partial charge is 0.479 e. The van der Waals surface area contributed by atoms with E-state index in [4.69, 9.17) is 9.15 Å². The van der Waals surface area contributed by atoms with Crippen molar-refractivity contribution in [3.63, 3.8) is 0 Å². The van der Waals surface area contributed by atoms with Crippen LogP contribution in [-0.4, -0.2) is 24.0 Å². The molecule has 0 aromatic carbocycles. The Morgan fingerprint density at radius 1 is 1.06 bits per heavy atom. The van der Waals surface area contributed by atoms with Crippen LogP contribution < -0.4 is 0 Å². The van der Waals surface area contributed by atoms with Crippen molar-refractivity contribution in [2.24, 2.45) is 10.4 Å². The summed E-state index contributed by atoms with van der Waals surface area (Å²) in [7, 11) is 0. The smallest absolute Gasteiger partial charge is 0.199 e. The Kier molecular flexibility index (Phi) is 4.54. The van der Waals surface area contributed by atoms with E-state index in [1.807, 2.05) is 0 Å². The molecule has 0 N–H and O–H groups in total. The molecule has 2 heterocycles. The van der Waals surface area contributed by atoms with Crippen molar-refractivity contribution in [3.8, 4) is 0 Å². The first kappa shape index (κ1) is 14.7. The first-order valence-electron chi connectivity index (χ1n) is 6.29. The number of hydrogen-bond acceptors (Lipinski definition) is 4. The van der Waals surface area contributed by atoms with Crippen LogP contribution in [-0.2, 0) is 10.2 Å². The van der Waals surface area contributed by atoms with Gasteiger partial charge >= 0.3 is 0 Å². The molecule has 0 radical (unpaired) electrons. The van der Waals surface area contributed by atoms with Gasteiger partial charge in [0.1, 0.15) is 12.9 Å². The van der Waals surface area contributed by atoms with Gasteiger partial charge in [-0.3, -0.25) is 4.99 Å². The van der Waals surface area contributed by atoms with Crippen molar-refractivity contribution >= 4 is 5.90 Å². The molecule has 0 unspecified atom stereocenters. The molecule has 4 nitrogen and oxygen atoms in total. The lowest BCUT2D eigenvalue weighted by Crippen LogP contribution is -2.20. The van der Waals surface area contributed by atoms with Crippen LogP contribution in [0.1, 0.15) is 47.4 Å². The molecule has 0 saturated heterocycles. The van der Waals surface area contributed by atoms with E-state index in [0.29, 0.717) is 0 Å². The molecule has 0 aliphatic carbocycles. The molecule has 0 spiro atoms. The van der Waals surface area contributed by atoms with Crippen LogP contribution in [0.3, 0.4) is 0 Å². The summed E-state index contributed by atoms with van der Waals surface area (Å²) in [6.45, 7) is 14.1. The highest BCUT2D eigenvalue weighted by molar-refractivity contribution is 5.82. The maximum absolute atomic E-state index is 5.27. The van der Waals surface area contributed by atoms with Gasteiger partial charge < -0.3 is 9.15 Å². The van der Waals surface area contributed by atoms with Crippen molar-refractivity contribution in [3.05, 3.63) is 18.4 Å². The van der Waals surface area contributed by atoms with Gasteiger partial charge in [0.15, 0.2) is 11.8 Å². The molecule has 0 bridgehead atoms. The van der Waals surface area contributed by atoms with Crippen LogP contribution in [0.5, 0.6) is 0 Å². The second kappa shape index (κ2) is 5.55. The fourth-order valence-corrected chi connectivity index (χ4v) is 1.38. The summed E-state index contributed by atoms with van der Waals surface area (Å²) >= 11 is 0. The van der Waals surface area contributed by atoms with Crippen molar-refractivity contribution in [1.29, 1.82) is 0 Å². The van der Waals surface area contributed by atoms with Crippen LogP contribution in [0.25, 0.3) is 0 Å². The molecule has 4 heteroatoms. The normalized spacial score (nSPS) is 15.6. The fraction of sp³-hybridized carbons (Fsp3) is 0.714. The van der Waals surface area contributed by atoms with E-state index >= 15 is 0 Å². The summed E-state index contributed by atoms with van der Waals surface area (Å²) < 4.78 is 10.4. The van der Waals surface area contributed by atoms with E-state index in [2.05, 4.69) is 51.5 Å². The van der Waals surface area contributed by atoms with E-state index < -0.39 is 0 Å². The molecule has 18 heavy (non-hydrogen) atoms. The third kappa shape index (κ3) is 4.51. The molecule has 0 atom stereocenters. The van der Waals surface area contributed by atoms with E-state index in [-0.39, 0.29) is 10.8 Å².